The highest BCUT2D eigenvalue weighted by Gasteiger charge is 2.02. The number of hydrogen-bond acceptors (Lipinski definition) is 5. The van der Waals surface area contributed by atoms with Crippen LogP contribution in [0.5, 0.6) is 5.88 Å². The lowest BCUT2D eigenvalue weighted by Crippen LogP contribution is -2.11. The summed E-state index contributed by atoms with van der Waals surface area (Å²) in [5.41, 5.74) is 7.60. The molecule has 6 heteroatoms. The molecule has 1 amide bonds. The number of rotatable bonds is 8. The van der Waals surface area contributed by atoms with Gasteiger partial charge in [-0.3, -0.25) is 4.79 Å². The van der Waals surface area contributed by atoms with Crippen LogP contribution in [0.25, 0.3) is 0 Å². The summed E-state index contributed by atoms with van der Waals surface area (Å²) in [7, 11) is 1.62. The van der Waals surface area contributed by atoms with Crippen LogP contribution in [0.4, 0.5) is 5.69 Å². The van der Waals surface area contributed by atoms with E-state index < -0.39 is 5.91 Å². The molecular formula is C16H19N3O3. The number of primary amides is 1. The number of pyridine rings is 1. The third-order valence-corrected chi connectivity index (χ3v) is 2.98. The maximum atomic E-state index is 11.1. The third-order valence-electron chi connectivity index (χ3n) is 2.98. The van der Waals surface area contributed by atoms with Gasteiger partial charge in [-0.05, 0) is 23.8 Å². The van der Waals surface area contributed by atoms with Gasteiger partial charge in [-0.25, -0.2) is 4.98 Å². The van der Waals surface area contributed by atoms with Crippen molar-refractivity contribution >= 4 is 11.6 Å². The number of hydrogen-bond donors (Lipinski definition) is 2. The van der Waals surface area contributed by atoms with Gasteiger partial charge in [-0.1, -0.05) is 12.1 Å². The first-order valence-electron chi connectivity index (χ1n) is 6.89. The fraction of sp³-hybridized carbons (Fsp3) is 0.250. The Morgan fingerprint density at radius 1 is 1.27 bits per heavy atom. The molecule has 1 aromatic heterocycles. The van der Waals surface area contributed by atoms with Crippen molar-refractivity contribution in [2.24, 2.45) is 5.73 Å². The minimum Gasteiger partial charge on any atom is -0.475 e. The van der Waals surface area contributed by atoms with Gasteiger partial charge in [0.25, 0.3) is 0 Å². The van der Waals surface area contributed by atoms with E-state index >= 15 is 0 Å². The number of carbonyl (C=O) groups is 1. The topological polar surface area (TPSA) is 86.5 Å². The molecule has 6 nitrogen and oxygen atoms in total. The number of nitrogens with zero attached hydrogens (tertiary/aromatic N) is 1. The number of nitrogens with two attached hydrogens (primary N) is 1. The minimum absolute atomic E-state index is 0.430. The van der Waals surface area contributed by atoms with Crippen molar-refractivity contribution in [2.45, 2.75) is 6.54 Å². The zero-order chi connectivity index (χ0) is 15.8. The summed E-state index contributed by atoms with van der Waals surface area (Å²) in [5, 5.41) is 3.23. The molecule has 1 aromatic carbocycles. The average molecular weight is 301 g/mol. The zero-order valence-corrected chi connectivity index (χ0v) is 12.4. The maximum absolute atomic E-state index is 11.1. The van der Waals surface area contributed by atoms with Crippen LogP contribution in [-0.4, -0.2) is 31.2 Å². The van der Waals surface area contributed by atoms with Crippen molar-refractivity contribution in [2.75, 3.05) is 25.6 Å². The zero-order valence-electron chi connectivity index (χ0n) is 12.4. The number of amides is 1. The fourth-order valence-corrected chi connectivity index (χ4v) is 1.84. The van der Waals surface area contributed by atoms with E-state index in [9.17, 15) is 4.79 Å². The van der Waals surface area contributed by atoms with Crippen LogP contribution in [0, 0.1) is 0 Å². The number of nitrogens with one attached hydrogen (secondary N) is 1. The highest BCUT2D eigenvalue weighted by atomic mass is 16.5. The van der Waals surface area contributed by atoms with Gasteiger partial charge in [-0.15, -0.1) is 0 Å². The molecule has 0 fully saturated rings. The predicted molar refractivity (Wildman–Crippen MR) is 83.9 cm³/mol. The lowest BCUT2D eigenvalue weighted by molar-refractivity contribution is 0.1000. The van der Waals surface area contributed by atoms with Crippen LogP contribution in [-0.2, 0) is 11.3 Å². The van der Waals surface area contributed by atoms with Crippen molar-refractivity contribution in [3.8, 4) is 5.88 Å². The fourth-order valence-electron chi connectivity index (χ4n) is 1.84. The summed E-state index contributed by atoms with van der Waals surface area (Å²) in [5.74, 6) is 0.124. The van der Waals surface area contributed by atoms with Crippen LogP contribution >= 0.6 is 0 Å². The molecule has 22 heavy (non-hydrogen) atoms. The molecule has 0 aliphatic heterocycles. The normalized spacial score (nSPS) is 10.2. The smallest absolute Gasteiger partial charge is 0.248 e. The monoisotopic (exact) mass is 301 g/mol. The number of ether oxygens (including phenoxy) is 2. The van der Waals surface area contributed by atoms with Crippen LogP contribution in [0.1, 0.15) is 15.9 Å². The minimum atomic E-state index is -0.430. The maximum Gasteiger partial charge on any atom is 0.248 e. The molecule has 0 saturated carbocycles. The largest absolute Gasteiger partial charge is 0.475 e. The second-order valence-corrected chi connectivity index (χ2v) is 4.64. The van der Waals surface area contributed by atoms with E-state index in [1.807, 2.05) is 18.2 Å². The molecule has 2 rings (SSSR count). The summed E-state index contributed by atoms with van der Waals surface area (Å²) in [6, 6.07) is 10.9. The van der Waals surface area contributed by atoms with Gasteiger partial charge >= 0.3 is 0 Å². The van der Waals surface area contributed by atoms with E-state index in [0.29, 0.717) is 31.2 Å². The van der Waals surface area contributed by atoms with E-state index in [1.165, 1.54) is 0 Å². The molecule has 0 saturated heterocycles. The van der Waals surface area contributed by atoms with E-state index in [0.717, 1.165) is 11.3 Å². The Morgan fingerprint density at radius 3 is 2.82 bits per heavy atom. The van der Waals surface area contributed by atoms with Crippen LogP contribution in [0.3, 0.4) is 0 Å². The first kappa shape index (κ1) is 15.8. The number of anilines is 1. The molecule has 0 aliphatic rings. The molecule has 1 heterocycles. The van der Waals surface area contributed by atoms with Gasteiger partial charge in [0.05, 0.1) is 18.5 Å². The van der Waals surface area contributed by atoms with Crippen LogP contribution in [0.15, 0.2) is 42.6 Å². The highest BCUT2D eigenvalue weighted by molar-refractivity contribution is 5.92. The van der Waals surface area contributed by atoms with Gasteiger partial charge in [0, 0.05) is 25.3 Å². The van der Waals surface area contributed by atoms with Crippen molar-refractivity contribution in [1.29, 1.82) is 0 Å². The molecule has 0 spiro atoms. The lowest BCUT2D eigenvalue weighted by Gasteiger charge is -2.08. The molecular weight excluding hydrogens is 282 g/mol. The average Bonchev–Trinajstić information content (AvgIpc) is 2.54. The van der Waals surface area contributed by atoms with Crippen LogP contribution < -0.4 is 15.8 Å². The predicted octanol–water partition coefficient (Wildman–Crippen LogP) is 1.82. The highest BCUT2D eigenvalue weighted by Crippen LogP contribution is 2.13. The Labute approximate surface area is 129 Å². The van der Waals surface area contributed by atoms with E-state index in [1.54, 1.807) is 31.5 Å². The first-order chi connectivity index (χ1) is 10.7. The van der Waals surface area contributed by atoms with Crippen LogP contribution in [0.2, 0.25) is 0 Å². The summed E-state index contributed by atoms with van der Waals surface area (Å²) in [6.45, 7) is 1.57. The van der Waals surface area contributed by atoms with Gasteiger partial charge in [-0.2, -0.15) is 0 Å². The second kappa shape index (κ2) is 7.99. The Kier molecular flexibility index (Phi) is 5.73. The van der Waals surface area contributed by atoms with E-state index in [-0.39, 0.29) is 0 Å². The summed E-state index contributed by atoms with van der Waals surface area (Å²) in [4.78, 5) is 15.3. The number of carbonyl (C=O) groups excluding carboxylic acids is 1. The standard InChI is InChI=1S/C16H19N3O3/c1-21-7-8-22-15-6-5-14(11-19-15)18-10-12-3-2-4-13(9-12)16(17)20/h2-6,9,11,18H,7-8,10H2,1H3,(H2,17,20). The van der Waals surface area contributed by atoms with Gasteiger partial charge in [0.15, 0.2) is 0 Å². The van der Waals surface area contributed by atoms with Gasteiger partial charge in [0.1, 0.15) is 6.61 Å². The van der Waals surface area contributed by atoms with Crippen molar-refractivity contribution in [1.82, 2.24) is 4.98 Å². The molecule has 0 unspecified atom stereocenters. The van der Waals surface area contributed by atoms with E-state index in [4.69, 9.17) is 15.2 Å². The SMILES string of the molecule is COCCOc1ccc(NCc2cccc(C(N)=O)c2)cn1. The first-order valence-corrected chi connectivity index (χ1v) is 6.89. The molecule has 116 valence electrons. The Morgan fingerprint density at radius 2 is 2.14 bits per heavy atom. The summed E-state index contributed by atoms with van der Waals surface area (Å²) >= 11 is 0. The number of benzene rings is 1. The van der Waals surface area contributed by atoms with Gasteiger partial charge < -0.3 is 20.5 Å². The number of methoxy groups -OCH3 is 1. The Bertz CT molecular complexity index is 614. The molecule has 0 bridgehead atoms. The summed E-state index contributed by atoms with van der Waals surface area (Å²) in [6.07, 6.45) is 1.69. The molecule has 0 aliphatic carbocycles. The molecule has 3 N–H and O–H groups in total. The molecule has 0 atom stereocenters. The van der Waals surface area contributed by atoms with Crippen molar-refractivity contribution in [3.05, 3.63) is 53.7 Å². The van der Waals surface area contributed by atoms with Crippen molar-refractivity contribution < 1.29 is 14.3 Å². The molecule has 0 radical (unpaired) electrons. The Hall–Kier alpha value is -2.60. The summed E-state index contributed by atoms with van der Waals surface area (Å²) < 4.78 is 10.3. The third kappa shape index (κ3) is 4.75. The van der Waals surface area contributed by atoms with Crippen molar-refractivity contribution in [3.63, 3.8) is 0 Å². The lowest BCUT2D eigenvalue weighted by atomic mass is 10.1. The number of aromatic nitrogens is 1. The molecule has 2 aromatic rings. The van der Waals surface area contributed by atoms with Gasteiger partial charge in [0.2, 0.25) is 11.8 Å². The quantitative estimate of drug-likeness (QED) is 0.726. The van der Waals surface area contributed by atoms with E-state index in [2.05, 4.69) is 10.3 Å². The Balaban J connectivity index is 1.89. The second-order valence-electron chi connectivity index (χ2n) is 4.64.